The third kappa shape index (κ3) is 5.91. The first-order valence-corrected chi connectivity index (χ1v) is 9.59. The van der Waals surface area contributed by atoms with Crippen LogP contribution >= 0.6 is 11.3 Å². The molecule has 3 heterocycles. The van der Waals surface area contributed by atoms with Gasteiger partial charge in [0.15, 0.2) is 6.61 Å². The van der Waals surface area contributed by atoms with Crippen molar-refractivity contribution in [1.82, 2.24) is 15.2 Å². The zero-order chi connectivity index (χ0) is 20.0. The Morgan fingerprint density at radius 2 is 2.11 bits per heavy atom. The summed E-state index contributed by atoms with van der Waals surface area (Å²) in [4.78, 5) is 19.6. The monoisotopic (exact) mass is 415 g/mol. The Balaban J connectivity index is 1.58. The molecular formula is C18H20F3N3O3S. The number of alkyl halides is 3. The van der Waals surface area contributed by atoms with Crippen LogP contribution in [0.5, 0.6) is 5.88 Å². The number of aromatic nitrogens is 1. The highest BCUT2D eigenvalue weighted by atomic mass is 32.1. The molecule has 10 heteroatoms. The molecule has 1 saturated heterocycles. The van der Waals surface area contributed by atoms with Crippen molar-refractivity contribution in [2.45, 2.75) is 12.2 Å². The predicted octanol–water partition coefficient (Wildman–Crippen LogP) is 2.89. The summed E-state index contributed by atoms with van der Waals surface area (Å²) >= 11 is 1.63. The van der Waals surface area contributed by atoms with Gasteiger partial charge in [-0.05, 0) is 17.5 Å². The Hall–Kier alpha value is -2.17. The molecule has 1 atom stereocenters. The number of thiophene rings is 1. The van der Waals surface area contributed by atoms with Gasteiger partial charge in [-0.15, -0.1) is 11.3 Å². The van der Waals surface area contributed by atoms with Crippen LogP contribution in [0.15, 0.2) is 35.8 Å². The molecule has 0 aliphatic carbocycles. The van der Waals surface area contributed by atoms with E-state index in [9.17, 15) is 18.0 Å². The normalized spacial score (nSPS) is 16.5. The van der Waals surface area contributed by atoms with E-state index >= 15 is 0 Å². The molecule has 1 fully saturated rings. The van der Waals surface area contributed by atoms with Gasteiger partial charge in [0.1, 0.15) is 0 Å². The lowest BCUT2D eigenvalue weighted by Crippen LogP contribution is -2.43. The van der Waals surface area contributed by atoms with E-state index in [2.05, 4.69) is 19.9 Å². The molecule has 2 aromatic rings. The molecule has 0 radical (unpaired) electrons. The van der Waals surface area contributed by atoms with Crippen LogP contribution in [0.1, 0.15) is 21.3 Å². The minimum Gasteiger partial charge on any atom is -0.468 e. The van der Waals surface area contributed by atoms with Crippen LogP contribution in [-0.2, 0) is 4.74 Å². The van der Waals surface area contributed by atoms with Crippen LogP contribution in [-0.4, -0.2) is 61.4 Å². The summed E-state index contributed by atoms with van der Waals surface area (Å²) in [5, 5.41) is 4.88. The molecule has 3 rings (SSSR count). The van der Waals surface area contributed by atoms with E-state index < -0.39 is 12.8 Å². The molecule has 1 aliphatic heterocycles. The molecule has 1 N–H and O–H groups in total. The van der Waals surface area contributed by atoms with Gasteiger partial charge in [-0.2, -0.15) is 13.2 Å². The highest BCUT2D eigenvalue weighted by Gasteiger charge is 2.28. The standard InChI is InChI=1S/C18H20F3N3O3S/c19-18(20,21)12-27-16-4-3-13(10-22-16)17(25)23-11-14(15-2-1-9-28-15)24-5-7-26-8-6-24/h1-4,9-10,14H,5-8,11-12H2,(H,23,25)/t14-/m1/s1. The van der Waals surface area contributed by atoms with Crippen LogP contribution < -0.4 is 10.1 Å². The zero-order valence-corrected chi connectivity index (χ0v) is 15.8. The van der Waals surface area contributed by atoms with Crippen molar-refractivity contribution in [2.24, 2.45) is 0 Å². The summed E-state index contributed by atoms with van der Waals surface area (Å²) in [6.45, 7) is 1.86. The minimum absolute atomic E-state index is 0.0372. The molecule has 152 valence electrons. The van der Waals surface area contributed by atoms with Crippen molar-refractivity contribution in [3.63, 3.8) is 0 Å². The maximum atomic E-state index is 12.4. The van der Waals surface area contributed by atoms with Gasteiger partial charge < -0.3 is 14.8 Å². The third-order valence-corrected chi connectivity index (χ3v) is 5.17. The average Bonchev–Trinajstić information content (AvgIpc) is 3.21. The highest BCUT2D eigenvalue weighted by Crippen LogP contribution is 2.25. The molecule has 1 aliphatic rings. The number of carbonyl (C=O) groups is 1. The first kappa shape index (κ1) is 20.6. The fourth-order valence-electron chi connectivity index (χ4n) is 2.83. The second-order valence-corrected chi connectivity index (χ2v) is 7.16. The Labute approximate surface area is 164 Å². The molecule has 0 spiro atoms. The van der Waals surface area contributed by atoms with E-state index in [0.29, 0.717) is 19.8 Å². The SMILES string of the molecule is O=C(NC[C@H](c1cccs1)N1CCOCC1)c1ccc(OCC(F)(F)F)nc1. The Bertz CT molecular complexity index is 748. The Morgan fingerprint density at radius 1 is 1.32 bits per heavy atom. The lowest BCUT2D eigenvalue weighted by molar-refractivity contribution is -0.154. The first-order chi connectivity index (χ1) is 13.4. The number of halogens is 3. The molecule has 0 saturated carbocycles. The van der Waals surface area contributed by atoms with Crippen molar-refractivity contribution >= 4 is 17.2 Å². The van der Waals surface area contributed by atoms with Crippen molar-refractivity contribution in [1.29, 1.82) is 0 Å². The van der Waals surface area contributed by atoms with Gasteiger partial charge >= 0.3 is 6.18 Å². The fraction of sp³-hybridized carbons (Fsp3) is 0.444. The summed E-state index contributed by atoms with van der Waals surface area (Å²) in [7, 11) is 0. The van der Waals surface area contributed by atoms with Crippen molar-refractivity contribution < 1.29 is 27.4 Å². The van der Waals surface area contributed by atoms with E-state index in [0.717, 1.165) is 18.0 Å². The van der Waals surface area contributed by atoms with E-state index in [1.165, 1.54) is 18.3 Å². The fourth-order valence-corrected chi connectivity index (χ4v) is 3.69. The van der Waals surface area contributed by atoms with Crippen LogP contribution in [0.25, 0.3) is 0 Å². The Kier molecular flexibility index (Phi) is 6.87. The second kappa shape index (κ2) is 9.35. The lowest BCUT2D eigenvalue weighted by atomic mass is 10.1. The number of rotatable bonds is 7. The van der Waals surface area contributed by atoms with Gasteiger partial charge in [-0.1, -0.05) is 6.07 Å². The smallest absolute Gasteiger partial charge is 0.422 e. The second-order valence-electron chi connectivity index (χ2n) is 6.18. The van der Waals surface area contributed by atoms with E-state index in [1.807, 2.05) is 17.5 Å². The van der Waals surface area contributed by atoms with Gasteiger partial charge in [0, 0.05) is 36.8 Å². The number of ether oxygens (including phenoxy) is 2. The van der Waals surface area contributed by atoms with Crippen LogP contribution in [0.2, 0.25) is 0 Å². The molecule has 0 unspecified atom stereocenters. The summed E-state index contributed by atoms with van der Waals surface area (Å²) in [5.74, 6) is -0.525. The molecule has 1 amide bonds. The summed E-state index contributed by atoms with van der Waals surface area (Å²) < 4.78 is 46.4. The zero-order valence-electron chi connectivity index (χ0n) is 14.9. The van der Waals surface area contributed by atoms with Crippen LogP contribution in [0.4, 0.5) is 13.2 Å². The van der Waals surface area contributed by atoms with Crippen LogP contribution in [0, 0.1) is 0 Å². The molecule has 6 nitrogen and oxygen atoms in total. The molecule has 0 aromatic carbocycles. The predicted molar refractivity (Wildman–Crippen MR) is 97.6 cm³/mol. The minimum atomic E-state index is -4.44. The summed E-state index contributed by atoms with van der Waals surface area (Å²) in [5.41, 5.74) is 0.256. The van der Waals surface area contributed by atoms with Gasteiger partial charge in [0.05, 0.1) is 24.8 Å². The van der Waals surface area contributed by atoms with Crippen molar-refractivity contribution in [3.05, 3.63) is 46.3 Å². The number of hydrogen-bond donors (Lipinski definition) is 1. The number of hydrogen-bond acceptors (Lipinski definition) is 6. The molecule has 0 bridgehead atoms. The number of pyridine rings is 1. The Morgan fingerprint density at radius 3 is 2.71 bits per heavy atom. The average molecular weight is 415 g/mol. The molecule has 28 heavy (non-hydrogen) atoms. The van der Waals surface area contributed by atoms with Gasteiger partial charge in [-0.3, -0.25) is 9.69 Å². The number of nitrogens with zero attached hydrogens (tertiary/aromatic N) is 2. The maximum absolute atomic E-state index is 12.4. The van der Waals surface area contributed by atoms with Gasteiger partial charge in [0.25, 0.3) is 5.91 Å². The molecular weight excluding hydrogens is 395 g/mol. The first-order valence-electron chi connectivity index (χ1n) is 8.71. The van der Waals surface area contributed by atoms with E-state index in [1.54, 1.807) is 11.3 Å². The van der Waals surface area contributed by atoms with E-state index in [-0.39, 0.29) is 23.4 Å². The third-order valence-electron chi connectivity index (χ3n) is 4.20. The van der Waals surface area contributed by atoms with Crippen molar-refractivity contribution in [3.8, 4) is 5.88 Å². The van der Waals surface area contributed by atoms with Crippen LogP contribution in [0.3, 0.4) is 0 Å². The van der Waals surface area contributed by atoms with Gasteiger partial charge in [0.2, 0.25) is 5.88 Å². The number of amides is 1. The lowest BCUT2D eigenvalue weighted by Gasteiger charge is -2.34. The summed E-state index contributed by atoms with van der Waals surface area (Å²) in [6, 6.07) is 6.68. The molecule has 2 aromatic heterocycles. The van der Waals surface area contributed by atoms with Gasteiger partial charge in [-0.25, -0.2) is 4.98 Å². The topological polar surface area (TPSA) is 63.7 Å². The van der Waals surface area contributed by atoms with Crippen molar-refractivity contribution in [2.75, 3.05) is 39.5 Å². The largest absolute Gasteiger partial charge is 0.468 e. The van der Waals surface area contributed by atoms with E-state index in [4.69, 9.17) is 4.74 Å². The number of carbonyl (C=O) groups excluding carboxylic acids is 1. The number of nitrogens with one attached hydrogen (secondary N) is 1. The summed E-state index contributed by atoms with van der Waals surface area (Å²) in [6.07, 6.45) is -3.23. The number of morpholine rings is 1. The quantitative estimate of drug-likeness (QED) is 0.754. The highest BCUT2D eigenvalue weighted by molar-refractivity contribution is 7.10. The maximum Gasteiger partial charge on any atom is 0.422 e.